The Bertz CT molecular complexity index is 749. The van der Waals surface area contributed by atoms with Crippen LogP contribution in [0.1, 0.15) is 24.3 Å². The van der Waals surface area contributed by atoms with Gasteiger partial charge < -0.3 is 16.0 Å². The molecule has 23 heavy (non-hydrogen) atoms. The Labute approximate surface area is 132 Å². The minimum absolute atomic E-state index is 0.0178. The molecule has 120 valence electrons. The molecule has 3 amide bonds. The number of nitrogens with one attached hydrogen (secondary N) is 4. The first-order valence-corrected chi connectivity index (χ1v) is 6.99. The molecule has 1 aromatic heterocycles. The topological polar surface area (TPSA) is 116 Å². The number of aromatic nitrogens is 2. The molecule has 8 heteroatoms. The summed E-state index contributed by atoms with van der Waals surface area (Å²) in [5, 5.41) is 13.8. The Morgan fingerprint density at radius 2 is 1.78 bits per heavy atom. The van der Waals surface area contributed by atoms with E-state index in [1.54, 1.807) is 24.3 Å². The number of H-pyrrole nitrogens is 1. The van der Waals surface area contributed by atoms with Crippen molar-refractivity contribution in [2.24, 2.45) is 0 Å². The van der Waals surface area contributed by atoms with E-state index >= 15 is 0 Å². The highest BCUT2D eigenvalue weighted by Gasteiger charge is 2.09. The predicted molar refractivity (Wildman–Crippen MR) is 86.5 cm³/mol. The number of benzene rings is 1. The van der Waals surface area contributed by atoms with E-state index in [0.717, 1.165) is 0 Å². The van der Waals surface area contributed by atoms with Gasteiger partial charge in [0.05, 0.1) is 0 Å². The van der Waals surface area contributed by atoms with Crippen molar-refractivity contribution < 1.29 is 9.59 Å². The monoisotopic (exact) mass is 315 g/mol. The highest BCUT2D eigenvalue weighted by molar-refractivity contribution is 6.03. The van der Waals surface area contributed by atoms with E-state index in [2.05, 4.69) is 26.1 Å². The lowest BCUT2D eigenvalue weighted by Crippen LogP contribution is -2.34. The van der Waals surface area contributed by atoms with Crippen LogP contribution in [-0.4, -0.2) is 28.2 Å². The molecule has 0 unspecified atom stereocenters. The first kappa shape index (κ1) is 16.2. The van der Waals surface area contributed by atoms with Gasteiger partial charge in [-0.1, -0.05) is 6.07 Å². The van der Waals surface area contributed by atoms with Crippen LogP contribution in [0.5, 0.6) is 0 Å². The summed E-state index contributed by atoms with van der Waals surface area (Å²) in [5.41, 5.74) is 0.727. The summed E-state index contributed by atoms with van der Waals surface area (Å²) in [7, 11) is 0. The van der Waals surface area contributed by atoms with Crippen LogP contribution in [-0.2, 0) is 0 Å². The predicted octanol–water partition coefficient (Wildman–Crippen LogP) is 1.55. The van der Waals surface area contributed by atoms with Gasteiger partial charge in [-0.05, 0) is 38.1 Å². The van der Waals surface area contributed by atoms with Crippen LogP contribution in [0.4, 0.5) is 16.2 Å². The number of anilines is 2. The molecule has 2 rings (SSSR count). The van der Waals surface area contributed by atoms with Crippen LogP contribution < -0.4 is 21.5 Å². The van der Waals surface area contributed by atoms with Gasteiger partial charge in [0.2, 0.25) is 0 Å². The Balaban J connectivity index is 2.04. The number of rotatable bonds is 4. The zero-order valence-electron chi connectivity index (χ0n) is 12.7. The Morgan fingerprint density at radius 1 is 1.09 bits per heavy atom. The fourth-order valence-corrected chi connectivity index (χ4v) is 1.77. The fraction of sp³-hybridized carbons (Fsp3) is 0.200. The smallest absolute Gasteiger partial charge is 0.319 e. The molecule has 1 aromatic carbocycles. The van der Waals surface area contributed by atoms with Crippen molar-refractivity contribution in [2.45, 2.75) is 19.9 Å². The van der Waals surface area contributed by atoms with Crippen LogP contribution in [0, 0.1) is 0 Å². The van der Waals surface area contributed by atoms with Gasteiger partial charge in [-0.3, -0.25) is 9.59 Å². The van der Waals surface area contributed by atoms with Crippen LogP contribution in [0.25, 0.3) is 0 Å². The van der Waals surface area contributed by atoms with E-state index in [1.807, 2.05) is 13.8 Å². The number of aromatic amines is 1. The van der Waals surface area contributed by atoms with Gasteiger partial charge in [-0.15, -0.1) is 0 Å². The zero-order chi connectivity index (χ0) is 16.8. The summed E-state index contributed by atoms with van der Waals surface area (Å²) >= 11 is 0. The maximum atomic E-state index is 12.0. The van der Waals surface area contributed by atoms with Crippen molar-refractivity contribution in [3.05, 3.63) is 52.4 Å². The molecule has 8 nitrogen and oxygen atoms in total. The molecule has 0 fully saturated rings. The zero-order valence-corrected chi connectivity index (χ0v) is 12.7. The number of carbonyl (C=O) groups is 2. The van der Waals surface area contributed by atoms with Crippen LogP contribution in [0.3, 0.4) is 0 Å². The molecular formula is C15H17N5O3. The average Bonchev–Trinajstić information content (AvgIpc) is 2.47. The van der Waals surface area contributed by atoms with E-state index in [4.69, 9.17) is 0 Å². The van der Waals surface area contributed by atoms with Crippen molar-refractivity contribution in [2.75, 3.05) is 10.6 Å². The number of hydrogen-bond donors (Lipinski definition) is 4. The summed E-state index contributed by atoms with van der Waals surface area (Å²) in [4.78, 5) is 34.6. The quantitative estimate of drug-likeness (QED) is 0.685. The van der Waals surface area contributed by atoms with E-state index in [0.29, 0.717) is 11.4 Å². The van der Waals surface area contributed by atoms with Gasteiger partial charge >= 0.3 is 6.03 Å². The molecule has 2 aromatic rings. The molecule has 0 atom stereocenters. The first-order valence-electron chi connectivity index (χ1n) is 6.99. The molecule has 0 saturated carbocycles. The molecule has 0 aliphatic carbocycles. The van der Waals surface area contributed by atoms with Gasteiger partial charge in [-0.2, -0.15) is 5.10 Å². The Hall–Kier alpha value is -3.16. The third-order valence-electron chi connectivity index (χ3n) is 2.71. The molecule has 0 aliphatic rings. The van der Waals surface area contributed by atoms with Crippen molar-refractivity contribution in [3.8, 4) is 0 Å². The second-order valence-electron chi connectivity index (χ2n) is 5.09. The van der Waals surface area contributed by atoms with Crippen LogP contribution >= 0.6 is 0 Å². The number of carbonyl (C=O) groups excluding carboxylic acids is 2. The third kappa shape index (κ3) is 4.95. The lowest BCUT2D eigenvalue weighted by molar-refractivity contribution is 0.102. The Kier molecular flexibility index (Phi) is 5.08. The molecule has 0 bridgehead atoms. The number of amides is 3. The molecular weight excluding hydrogens is 298 g/mol. The van der Waals surface area contributed by atoms with Gasteiger partial charge in [0.15, 0.2) is 0 Å². The molecule has 0 spiro atoms. The summed E-state index contributed by atoms with van der Waals surface area (Å²) in [5.74, 6) is -0.468. The Morgan fingerprint density at radius 3 is 2.39 bits per heavy atom. The summed E-state index contributed by atoms with van der Waals surface area (Å²) in [6, 6.07) is 8.92. The highest BCUT2D eigenvalue weighted by Crippen LogP contribution is 2.15. The van der Waals surface area contributed by atoms with Crippen LogP contribution in [0.15, 0.2) is 41.2 Å². The molecule has 0 radical (unpaired) electrons. The van der Waals surface area contributed by atoms with Gasteiger partial charge in [0.1, 0.15) is 5.69 Å². The van der Waals surface area contributed by atoms with Gasteiger partial charge in [-0.25, -0.2) is 9.89 Å². The summed E-state index contributed by atoms with van der Waals surface area (Å²) in [6.45, 7) is 3.71. The van der Waals surface area contributed by atoms with Crippen LogP contribution in [0.2, 0.25) is 0 Å². The summed E-state index contributed by atoms with van der Waals surface area (Å²) < 4.78 is 0. The molecule has 0 aliphatic heterocycles. The largest absolute Gasteiger partial charge is 0.336 e. The van der Waals surface area contributed by atoms with Crippen molar-refractivity contribution in [1.82, 2.24) is 15.5 Å². The number of nitrogens with zero attached hydrogens (tertiary/aromatic N) is 1. The first-order chi connectivity index (χ1) is 10.9. The van der Waals surface area contributed by atoms with E-state index in [-0.39, 0.29) is 23.3 Å². The maximum Gasteiger partial charge on any atom is 0.319 e. The third-order valence-corrected chi connectivity index (χ3v) is 2.71. The van der Waals surface area contributed by atoms with Gasteiger partial charge in [0, 0.05) is 23.5 Å². The SMILES string of the molecule is CC(C)NC(=O)Nc1cccc(NC(=O)c2ccc(=O)[nH]n2)c1. The summed E-state index contributed by atoms with van der Waals surface area (Å²) in [6.07, 6.45) is 0. The van der Waals surface area contributed by atoms with Crippen molar-refractivity contribution in [1.29, 1.82) is 0 Å². The number of urea groups is 1. The molecule has 0 saturated heterocycles. The van der Waals surface area contributed by atoms with E-state index in [1.165, 1.54) is 12.1 Å². The van der Waals surface area contributed by atoms with Crippen molar-refractivity contribution >= 4 is 23.3 Å². The normalized spacial score (nSPS) is 10.2. The fourth-order valence-electron chi connectivity index (χ4n) is 1.77. The lowest BCUT2D eigenvalue weighted by Gasteiger charge is -2.11. The van der Waals surface area contributed by atoms with E-state index in [9.17, 15) is 14.4 Å². The van der Waals surface area contributed by atoms with E-state index < -0.39 is 5.91 Å². The minimum Gasteiger partial charge on any atom is -0.336 e. The van der Waals surface area contributed by atoms with Gasteiger partial charge in [0.25, 0.3) is 11.5 Å². The standard InChI is InChI=1S/C15H17N5O3/c1-9(2)16-15(23)18-11-5-3-4-10(8-11)17-14(22)12-6-7-13(21)20-19-12/h3-9H,1-2H3,(H,17,22)(H,20,21)(H2,16,18,23). The highest BCUT2D eigenvalue weighted by atomic mass is 16.2. The maximum absolute atomic E-state index is 12.0. The lowest BCUT2D eigenvalue weighted by atomic mass is 10.2. The average molecular weight is 315 g/mol. The number of hydrogen-bond acceptors (Lipinski definition) is 4. The second-order valence-corrected chi connectivity index (χ2v) is 5.09. The molecule has 1 heterocycles. The van der Waals surface area contributed by atoms with Crippen molar-refractivity contribution in [3.63, 3.8) is 0 Å². The second kappa shape index (κ2) is 7.21. The molecule has 4 N–H and O–H groups in total. The minimum atomic E-state index is -0.468.